The molecule has 0 heterocycles. The fourth-order valence-electron chi connectivity index (χ4n) is 1.96. The summed E-state index contributed by atoms with van der Waals surface area (Å²) < 4.78 is 10.7. The zero-order chi connectivity index (χ0) is 19.6. The number of ether oxygens (including phenoxy) is 2. The molecule has 0 aliphatic carbocycles. The first-order chi connectivity index (χ1) is 13.0. The van der Waals surface area contributed by atoms with Gasteiger partial charge in [0, 0.05) is 11.6 Å². The van der Waals surface area contributed by atoms with Crippen molar-refractivity contribution in [2.45, 2.75) is 0 Å². The molecule has 0 saturated carbocycles. The van der Waals surface area contributed by atoms with Gasteiger partial charge in [0.2, 0.25) is 0 Å². The van der Waals surface area contributed by atoms with E-state index in [9.17, 15) is 4.79 Å². The lowest BCUT2D eigenvalue weighted by molar-refractivity contribution is 0.0729. The maximum absolute atomic E-state index is 12.2. The fourth-order valence-corrected chi connectivity index (χ4v) is 2.23. The van der Waals surface area contributed by atoms with Crippen LogP contribution in [0.15, 0.2) is 60.2 Å². The van der Waals surface area contributed by atoms with Crippen molar-refractivity contribution in [1.82, 2.24) is 10.7 Å². The summed E-state index contributed by atoms with van der Waals surface area (Å²) in [5, 5.41) is 7.84. The lowest BCUT2D eigenvalue weighted by Gasteiger charge is -2.10. The van der Waals surface area contributed by atoms with E-state index in [0.717, 1.165) is 5.56 Å². The summed E-state index contributed by atoms with van der Waals surface area (Å²) in [7, 11) is 1.49. The Hall–Kier alpha value is -2.90. The minimum atomic E-state index is -0.508. The number of nitrogens with one attached hydrogen (secondary N) is 2. The molecule has 0 fully saturated rings. The van der Waals surface area contributed by atoms with Gasteiger partial charge in [-0.1, -0.05) is 17.7 Å². The van der Waals surface area contributed by atoms with Gasteiger partial charge in [-0.15, -0.1) is 6.58 Å². The Morgan fingerprint density at radius 3 is 2.67 bits per heavy atom. The van der Waals surface area contributed by atoms with Crippen molar-refractivity contribution in [2.75, 3.05) is 13.7 Å². The number of thiocarbonyl (C=S) groups is 1. The van der Waals surface area contributed by atoms with Crippen LogP contribution in [-0.2, 0) is 0 Å². The van der Waals surface area contributed by atoms with Crippen LogP contribution in [0.5, 0.6) is 11.5 Å². The predicted molar refractivity (Wildman–Crippen MR) is 111 cm³/mol. The van der Waals surface area contributed by atoms with Crippen LogP contribution < -0.4 is 20.2 Å². The van der Waals surface area contributed by atoms with Gasteiger partial charge in [-0.2, -0.15) is 5.10 Å². The van der Waals surface area contributed by atoms with Crippen LogP contribution in [0.4, 0.5) is 0 Å². The Morgan fingerprint density at radius 2 is 2.00 bits per heavy atom. The molecule has 0 aliphatic heterocycles. The van der Waals surface area contributed by atoms with Crippen LogP contribution in [-0.4, -0.2) is 31.0 Å². The zero-order valence-electron chi connectivity index (χ0n) is 14.6. The molecule has 0 aliphatic rings. The molecule has 2 rings (SSSR count). The lowest BCUT2D eigenvalue weighted by Crippen LogP contribution is -2.31. The number of esters is 1. The van der Waals surface area contributed by atoms with Crippen molar-refractivity contribution in [3.05, 3.63) is 71.3 Å². The van der Waals surface area contributed by atoms with Crippen LogP contribution in [0.2, 0.25) is 5.02 Å². The third-order valence-electron chi connectivity index (χ3n) is 3.26. The number of hydrogen-bond acceptors (Lipinski definition) is 5. The first-order valence-electron chi connectivity index (χ1n) is 7.87. The van der Waals surface area contributed by atoms with E-state index < -0.39 is 5.97 Å². The Morgan fingerprint density at radius 1 is 1.26 bits per heavy atom. The molecular weight excluding hydrogens is 386 g/mol. The van der Waals surface area contributed by atoms with E-state index in [2.05, 4.69) is 22.4 Å². The van der Waals surface area contributed by atoms with E-state index in [1.807, 2.05) is 0 Å². The molecule has 0 atom stereocenters. The number of hydrazone groups is 1. The standard InChI is InChI=1S/C19H18ClN3O3S/c1-3-10-21-19(27)23-22-12-13-4-9-16(17(11-13)25-2)26-18(24)14-5-7-15(20)8-6-14/h3-9,11-12H,1,10H2,2H3,(H2,21,23,27)/b22-12+. The van der Waals surface area contributed by atoms with Gasteiger partial charge >= 0.3 is 5.97 Å². The highest BCUT2D eigenvalue weighted by molar-refractivity contribution is 7.80. The van der Waals surface area contributed by atoms with E-state index in [0.29, 0.717) is 33.7 Å². The SMILES string of the molecule is C=CCNC(=S)N/N=C/c1ccc(OC(=O)c2ccc(Cl)cc2)c(OC)c1. The molecule has 6 nitrogen and oxygen atoms in total. The highest BCUT2D eigenvalue weighted by atomic mass is 35.5. The van der Waals surface area contributed by atoms with E-state index in [4.69, 9.17) is 33.3 Å². The second kappa shape index (κ2) is 10.3. The summed E-state index contributed by atoms with van der Waals surface area (Å²) in [6.45, 7) is 4.13. The normalized spacial score (nSPS) is 10.3. The number of hydrogen-bond donors (Lipinski definition) is 2. The summed E-state index contributed by atoms with van der Waals surface area (Å²) in [5.74, 6) is 0.186. The topological polar surface area (TPSA) is 72.0 Å². The molecule has 2 aromatic carbocycles. The molecule has 2 aromatic rings. The molecule has 2 N–H and O–H groups in total. The van der Waals surface area contributed by atoms with Crippen LogP contribution in [0, 0.1) is 0 Å². The number of rotatable bonds is 7. The Bertz CT molecular complexity index is 854. The molecule has 140 valence electrons. The second-order valence-electron chi connectivity index (χ2n) is 5.18. The summed E-state index contributed by atoms with van der Waals surface area (Å²) in [4.78, 5) is 12.2. The van der Waals surface area contributed by atoms with E-state index in [1.54, 1.807) is 54.8 Å². The van der Waals surface area contributed by atoms with Gasteiger partial charge in [0.05, 0.1) is 18.9 Å². The fraction of sp³-hybridized carbons (Fsp3) is 0.105. The Balaban J connectivity index is 2.04. The van der Waals surface area contributed by atoms with Gasteiger partial charge in [0.15, 0.2) is 16.6 Å². The van der Waals surface area contributed by atoms with Gasteiger partial charge in [-0.05, 0) is 60.2 Å². The average molecular weight is 404 g/mol. The summed E-state index contributed by atoms with van der Waals surface area (Å²) in [6, 6.07) is 11.5. The Kier molecular flexibility index (Phi) is 7.79. The average Bonchev–Trinajstić information content (AvgIpc) is 2.67. The molecule has 0 radical (unpaired) electrons. The van der Waals surface area contributed by atoms with Crippen molar-refractivity contribution < 1.29 is 14.3 Å². The molecule has 0 aromatic heterocycles. The van der Waals surface area contributed by atoms with Gasteiger partial charge in [-0.3, -0.25) is 5.43 Å². The molecule has 0 unspecified atom stereocenters. The van der Waals surface area contributed by atoms with Gasteiger partial charge in [0.25, 0.3) is 0 Å². The molecule has 0 saturated heterocycles. The number of halogens is 1. The zero-order valence-corrected chi connectivity index (χ0v) is 16.1. The number of nitrogens with zero attached hydrogens (tertiary/aromatic N) is 1. The molecular formula is C19H18ClN3O3S. The molecule has 0 bridgehead atoms. The minimum Gasteiger partial charge on any atom is -0.493 e. The number of methoxy groups -OCH3 is 1. The maximum Gasteiger partial charge on any atom is 0.343 e. The first-order valence-corrected chi connectivity index (χ1v) is 8.65. The van der Waals surface area contributed by atoms with Gasteiger partial charge < -0.3 is 14.8 Å². The lowest BCUT2D eigenvalue weighted by atomic mass is 10.2. The predicted octanol–water partition coefficient (Wildman–Crippen LogP) is 3.55. The molecule has 27 heavy (non-hydrogen) atoms. The first kappa shape index (κ1) is 20.4. The summed E-state index contributed by atoms with van der Waals surface area (Å²) in [5.41, 5.74) is 3.80. The number of benzene rings is 2. The number of carbonyl (C=O) groups excluding carboxylic acids is 1. The molecule has 8 heteroatoms. The van der Waals surface area contributed by atoms with Crippen molar-refractivity contribution in [3.8, 4) is 11.5 Å². The summed E-state index contributed by atoms with van der Waals surface area (Å²) in [6.07, 6.45) is 3.25. The van der Waals surface area contributed by atoms with E-state index in [-0.39, 0.29) is 0 Å². The molecule has 0 amide bonds. The van der Waals surface area contributed by atoms with Gasteiger partial charge in [0.1, 0.15) is 0 Å². The molecule has 0 spiro atoms. The largest absolute Gasteiger partial charge is 0.493 e. The highest BCUT2D eigenvalue weighted by Crippen LogP contribution is 2.28. The number of carbonyl (C=O) groups is 1. The Labute approximate surface area is 167 Å². The van der Waals surface area contributed by atoms with Crippen LogP contribution in [0.25, 0.3) is 0 Å². The summed E-state index contributed by atoms with van der Waals surface area (Å²) >= 11 is 10.9. The van der Waals surface area contributed by atoms with Crippen LogP contribution in [0.1, 0.15) is 15.9 Å². The third kappa shape index (κ3) is 6.40. The second-order valence-corrected chi connectivity index (χ2v) is 6.02. The van der Waals surface area contributed by atoms with Gasteiger partial charge in [-0.25, -0.2) is 4.79 Å². The minimum absolute atomic E-state index is 0.297. The quantitative estimate of drug-likeness (QED) is 0.184. The maximum atomic E-state index is 12.2. The van der Waals surface area contributed by atoms with Crippen LogP contribution in [0.3, 0.4) is 0 Å². The highest BCUT2D eigenvalue weighted by Gasteiger charge is 2.12. The van der Waals surface area contributed by atoms with E-state index in [1.165, 1.54) is 7.11 Å². The third-order valence-corrected chi connectivity index (χ3v) is 3.74. The van der Waals surface area contributed by atoms with Crippen molar-refractivity contribution >= 4 is 41.1 Å². The van der Waals surface area contributed by atoms with E-state index >= 15 is 0 Å². The van der Waals surface area contributed by atoms with Crippen molar-refractivity contribution in [1.29, 1.82) is 0 Å². The van der Waals surface area contributed by atoms with Crippen molar-refractivity contribution in [3.63, 3.8) is 0 Å². The smallest absolute Gasteiger partial charge is 0.343 e. The van der Waals surface area contributed by atoms with Crippen LogP contribution >= 0.6 is 23.8 Å². The monoisotopic (exact) mass is 403 g/mol. The van der Waals surface area contributed by atoms with Crippen molar-refractivity contribution in [2.24, 2.45) is 5.10 Å².